The third-order valence-electron chi connectivity index (χ3n) is 5.41. The van der Waals surface area contributed by atoms with Crippen molar-refractivity contribution in [3.05, 3.63) is 0 Å². The fourth-order valence-electron chi connectivity index (χ4n) is 3.14. The minimum Gasteiger partial charge on any atom is -0.408 e. The Bertz CT molecular complexity index is 298. The number of rotatable bonds is 4. The van der Waals surface area contributed by atoms with E-state index in [2.05, 4.69) is 41.2 Å². The third-order valence-corrected chi connectivity index (χ3v) is 9.52. The Kier molecular flexibility index (Phi) is 4.70. The maximum Gasteiger partial charge on any atom is 0.206 e. The molecule has 3 nitrogen and oxygen atoms in total. The van der Waals surface area contributed by atoms with Crippen LogP contribution in [0.3, 0.4) is 0 Å². The lowest BCUT2D eigenvalue weighted by atomic mass is 9.69. The standard InChI is InChI=1S/C14H32N2OSi/c1-7-11(15)14(5)13(3,4)9-10-18(6,17-14)12(16)8-2/h11-12H,7-10,15-16H2,1-6H3. The van der Waals surface area contributed by atoms with Crippen LogP contribution in [0.1, 0.15) is 53.9 Å². The first-order valence-electron chi connectivity index (χ1n) is 7.34. The average Bonchev–Trinajstić information content (AvgIpc) is 2.32. The van der Waals surface area contributed by atoms with Crippen molar-refractivity contribution in [2.24, 2.45) is 16.9 Å². The first-order valence-corrected chi connectivity index (χ1v) is 10.0. The third kappa shape index (κ3) is 2.53. The van der Waals surface area contributed by atoms with Crippen molar-refractivity contribution in [3.63, 3.8) is 0 Å². The highest BCUT2D eigenvalue weighted by atomic mass is 28.4. The normalized spacial score (nSPS) is 39.3. The molecular weight excluding hydrogens is 240 g/mol. The van der Waals surface area contributed by atoms with Gasteiger partial charge in [-0.3, -0.25) is 0 Å². The fraction of sp³-hybridized carbons (Fsp3) is 1.00. The summed E-state index contributed by atoms with van der Waals surface area (Å²) in [4.78, 5) is 0. The minimum absolute atomic E-state index is 0.0867. The summed E-state index contributed by atoms with van der Waals surface area (Å²) in [7, 11) is -1.85. The van der Waals surface area contributed by atoms with Gasteiger partial charge in [-0.25, -0.2) is 0 Å². The van der Waals surface area contributed by atoms with Crippen LogP contribution < -0.4 is 11.5 Å². The van der Waals surface area contributed by atoms with Gasteiger partial charge in [-0.2, -0.15) is 0 Å². The van der Waals surface area contributed by atoms with Gasteiger partial charge in [0.05, 0.1) is 5.60 Å². The zero-order valence-corrected chi connectivity index (χ0v) is 14.0. The number of hydrogen-bond acceptors (Lipinski definition) is 3. The summed E-state index contributed by atoms with van der Waals surface area (Å²) in [6.45, 7) is 13.4. The number of nitrogens with two attached hydrogens (primary N) is 2. The van der Waals surface area contributed by atoms with Gasteiger partial charge in [0.25, 0.3) is 0 Å². The van der Waals surface area contributed by atoms with Crippen LogP contribution in [-0.4, -0.2) is 25.6 Å². The van der Waals surface area contributed by atoms with Crippen LogP contribution in [-0.2, 0) is 4.43 Å². The van der Waals surface area contributed by atoms with E-state index in [4.69, 9.17) is 15.9 Å². The highest BCUT2D eigenvalue weighted by molar-refractivity contribution is 6.74. The maximum atomic E-state index is 6.67. The lowest BCUT2D eigenvalue weighted by Gasteiger charge is -2.57. The van der Waals surface area contributed by atoms with Crippen molar-refractivity contribution in [1.29, 1.82) is 0 Å². The van der Waals surface area contributed by atoms with Gasteiger partial charge in [0.2, 0.25) is 8.32 Å². The molecule has 4 atom stereocenters. The van der Waals surface area contributed by atoms with Gasteiger partial charge < -0.3 is 15.9 Å². The van der Waals surface area contributed by atoms with Crippen LogP contribution >= 0.6 is 0 Å². The predicted octanol–water partition coefficient (Wildman–Crippen LogP) is 2.78. The SMILES string of the molecule is CCC(N)C1(C)O[Si](C)(C(N)CC)CCC1(C)C. The summed E-state index contributed by atoms with van der Waals surface area (Å²) >= 11 is 0. The Balaban J connectivity index is 3.05. The summed E-state index contributed by atoms with van der Waals surface area (Å²) in [6.07, 6.45) is 3.12. The van der Waals surface area contributed by atoms with E-state index in [-0.39, 0.29) is 22.7 Å². The Hall–Kier alpha value is 0.0969. The van der Waals surface area contributed by atoms with Crippen molar-refractivity contribution in [3.8, 4) is 0 Å². The zero-order valence-electron chi connectivity index (χ0n) is 13.0. The topological polar surface area (TPSA) is 61.3 Å². The molecule has 0 saturated carbocycles. The lowest BCUT2D eigenvalue weighted by molar-refractivity contribution is -0.0771. The van der Waals surface area contributed by atoms with Crippen LogP contribution in [0, 0.1) is 5.41 Å². The summed E-state index contributed by atoms with van der Waals surface area (Å²) in [5.74, 6) is 0. The molecule has 4 unspecified atom stereocenters. The molecule has 1 aliphatic rings. The minimum atomic E-state index is -1.85. The molecule has 1 fully saturated rings. The largest absolute Gasteiger partial charge is 0.408 e. The molecular formula is C14H32N2OSi. The molecule has 0 spiro atoms. The first-order chi connectivity index (χ1) is 8.13. The van der Waals surface area contributed by atoms with Crippen LogP contribution in [0.4, 0.5) is 0 Å². The molecule has 0 radical (unpaired) electrons. The highest BCUT2D eigenvalue weighted by Gasteiger charge is 2.55. The second-order valence-electron chi connectivity index (χ2n) is 6.94. The summed E-state index contributed by atoms with van der Waals surface area (Å²) in [6, 6.07) is 1.24. The molecule has 0 bridgehead atoms. The van der Waals surface area contributed by atoms with E-state index in [0.29, 0.717) is 0 Å². The monoisotopic (exact) mass is 272 g/mol. The van der Waals surface area contributed by atoms with Gasteiger partial charge in [-0.05, 0) is 44.2 Å². The molecule has 108 valence electrons. The Morgan fingerprint density at radius 1 is 1.17 bits per heavy atom. The highest BCUT2D eigenvalue weighted by Crippen LogP contribution is 2.49. The Labute approximate surface area is 114 Å². The van der Waals surface area contributed by atoms with E-state index in [1.54, 1.807) is 0 Å². The molecule has 18 heavy (non-hydrogen) atoms. The molecule has 1 heterocycles. The van der Waals surface area contributed by atoms with Gasteiger partial charge in [-0.15, -0.1) is 0 Å². The average molecular weight is 273 g/mol. The Morgan fingerprint density at radius 2 is 1.72 bits per heavy atom. The summed E-state index contributed by atoms with van der Waals surface area (Å²) < 4.78 is 6.67. The van der Waals surface area contributed by atoms with E-state index >= 15 is 0 Å². The van der Waals surface area contributed by atoms with E-state index in [1.165, 1.54) is 6.42 Å². The van der Waals surface area contributed by atoms with Gasteiger partial charge >= 0.3 is 0 Å². The lowest BCUT2D eigenvalue weighted by Crippen LogP contribution is -2.69. The van der Waals surface area contributed by atoms with Crippen molar-refractivity contribution in [1.82, 2.24) is 0 Å². The molecule has 0 aromatic heterocycles. The smallest absolute Gasteiger partial charge is 0.206 e. The van der Waals surface area contributed by atoms with Gasteiger partial charge in [0, 0.05) is 11.7 Å². The van der Waals surface area contributed by atoms with E-state index < -0.39 is 8.32 Å². The molecule has 0 aromatic carbocycles. The van der Waals surface area contributed by atoms with Gasteiger partial charge in [0.1, 0.15) is 0 Å². The van der Waals surface area contributed by atoms with Crippen molar-refractivity contribution < 1.29 is 4.43 Å². The summed E-state index contributed by atoms with van der Waals surface area (Å²) in [5.41, 5.74) is 12.8. The van der Waals surface area contributed by atoms with E-state index in [1.807, 2.05) is 0 Å². The van der Waals surface area contributed by atoms with Crippen molar-refractivity contribution >= 4 is 8.32 Å². The molecule has 4 N–H and O–H groups in total. The summed E-state index contributed by atoms with van der Waals surface area (Å²) in [5, 5.41) is 0. The number of hydrogen-bond donors (Lipinski definition) is 2. The first kappa shape index (κ1) is 16.2. The molecule has 1 aliphatic heterocycles. The second kappa shape index (κ2) is 5.23. The molecule has 4 heteroatoms. The van der Waals surface area contributed by atoms with Crippen molar-refractivity contribution in [2.45, 2.75) is 83.8 Å². The Morgan fingerprint density at radius 3 is 2.17 bits per heavy atom. The van der Waals surface area contributed by atoms with Crippen molar-refractivity contribution in [2.75, 3.05) is 0 Å². The van der Waals surface area contributed by atoms with Crippen LogP contribution in [0.2, 0.25) is 12.6 Å². The van der Waals surface area contributed by atoms with Crippen LogP contribution in [0.25, 0.3) is 0 Å². The second-order valence-corrected chi connectivity index (χ2v) is 11.0. The molecule has 0 aromatic rings. The zero-order chi connectivity index (χ0) is 14.2. The maximum absolute atomic E-state index is 6.67. The van der Waals surface area contributed by atoms with Gasteiger partial charge in [0.15, 0.2) is 0 Å². The molecule has 1 rings (SSSR count). The molecule has 0 aliphatic carbocycles. The van der Waals surface area contributed by atoms with E-state index in [0.717, 1.165) is 18.9 Å². The molecule has 1 saturated heterocycles. The fourth-order valence-corrected chi connectivity index (χ4v) is 7.15. The van der Waals surface area contributed by atoms with Gasteiger partial charge in [-0.1, -0.05) is 27.7 Å². The predicted molar refractivity (Wildman–Crippen MR) is 80.8 cm³/mol. The molecule has 0 amide bonds. The van der Waals surface area contributed by atoms with Crippen LogP contribution in [0.15, 0.2) is 0 Å². The quantitative estimate of drug-likeness (QED) is 0.774. The van der Waals surface area contributed by atoms with E-state index in [9.17, 15) is 0 Å². The van der Waals surface area contributed by atoms with Crippen LogP contribution in [0.5, 0.6) is 0 Å².